The molecule has 2 heterocycles. The predicted molar refractivity (Wildman–Crippen MR) is 79.4 cm³/mol. The third kappa shape index (κ3) is 3.43. The molecule has 5 atom stereocenters. The molecule has 0 aromatic rings. The van der Waals surface area contributed by atoms with Gasteiger partial charge in [-0.15, -0.1) is 0 Å². The zero-order valence-electron chi connectivity index (χ0n) is 14.5. The molecular weight excluding hydrogens is 325 g/mol. The molecule has 3 rings (SSSR count). The average Bonchev–Trinajstić information content (AvgIpc) is 3.28. The molecule has 138 valence electrons. The zero-order chi connectivity index (χ0) is 18.0. The van der Waals surface area contributed by atoms with Crippen LogP contribution in [0.1, 0.15) is 59.8 Å². The van der Waals surface area contributed by atoms with E-state index in [1.165, 1.54) is 0 Å². The molecule has 0 bridgehead atoms. The number of ether oxygens (including phenoxy) is 3. The maximum atomic E-state index is 12.7. The van der Waals surface area contributed by atoms with Gasteiger partial charge >= 0.3 is 12.1 Å². The smallest absolute Gasteiger partial charge is 0.452 e. The Morgan fingerprint density at radius 3 is 2.38 bits per heavy atom. The number of carbonyl (C=O) groups excluding carboxylic acids is 1. The zero-order valence-corrected chi connectivity index (χ0v) is 14.5. The summed E-state index contributed by atoms with van der Waals surface area (Å²) in [6.07, 6.45) is -1.86. The summed E-state index contributed by atoms with van der Waals surface area (Å²) in [4.78, 5) is 11.5. The second-order valence-corrected chi connectivity index (χ2v) is 8.34. The Labute approximate surface area is 140 Å². The number of halogens is 3. The maximum absolute atomic E-state index is 12.7. The molecule has 2 saturated heterocycles. The monoisotopic (exact) mass is 350 g/mol. The molecule has 0 amide bonds. The number of epoxide rings is 2. The quantitative estimate of drug-likeness (QED) is 0.559. The summed E-state index contributed by atoms with van der Waals surface area (Å²) in [5.41, 5.74) is -1.52. The number of hydrogen-bond acceptors (Lipinski definition) is 4. The Morgan fingerprint density at radius 1 is 1.25 bits per heavy atom. The number of fused-ring (bicyclic) bond motifs is 1. The molecular formula is C17H25F3O4. The van der Waals surface area contributed by atoms with Crippen LogP contribution in [0, 0.1) is 5.92 Å². The van der Waals surface area contributed by atoms with Crippen molar-refractivity contribution < 1.29 is 32.2 Å². The molecule has 0 aromatic carbocycles. The maximum Gasteiger partial charge on any atom is 0.490 e. The molecule has 2 aliphatic heterocycles. The van der Waals surface area contributed by atoms with E-state index in [9.17, 15) is 18.0 Å². The van der Waals surface area contributed by atoms with Gasteiger partial charge in [0, 0.05) is 5.92 Å². The molecule has 0 N–H and O–H groups in total. The molecule has 3 aliphatic rings. The standard InChI is InChI=1S/C17H25F3O4/c1-14(2)11(22-14)6-8-15(3,24-13(21)17(18,19)20)10-5-7-16(4)12(9-10)23-16/h10-12H,5-9H2,1-4H3. The second-order valence-electron chi connectivity index (χ2n) is 8.34. The number of esters is 1. The number of rotatable bonds is 5. The highest BCUT2D eigenvalue weighted by atomic mass is 19.4. The van der Waals surface area contributed by atoms with Crippen molar-refractivity contribution >= 4 is 5.97 Å². The SMILES string of the molecule is CC1(C)OC1CCC(C)(OC(=O)C(F)(F)F)C1CCC2(C)OC2C1. The fraction of sp³-hybridized carbons (Fsp3) is 0.941. The molecule has 24 heavy (non-hydrogen) atoms. The third-order valence-corrected chi connectivity index (χ3v) is 6.01. The van der Waals surface area contributed by atoms with Crippen molar-refractivity contribution in [2.45, 2.75) is 95.0 Å². The molecule has 5 unspecified atom stereocenters. The van der Waals surface area contributed by atoms with E-state index in [0.29, 0.717) is 25.7 Å². The van der Waals surface area contributed by atoms with E-state index in [4.69, 9.17) is 14.2 Å². The van der Waals surface area contributed by atoms with Crippen LogP contribution in [0.4, 0.5) is 13.2 Å². The van der Waals surface area contributed by atoms with Gasteiger partial charge in [-0.3, -0.25) is 0 Å². The Balaban J connectivity index is 1.69. The van der Waals surface area contributed by atoms with Gasteiger partial charge in [-0.25, -0.2) is 4.79 Å². The molecule has 0 aromatic heterocycles. The van der Waals surface area contributed by atoms with Gasteiger partial charge in [-0.05, 0) is 59.8 Å². The van der Waals surface area contributed by atoms with E-state index in [-0.39, 0.29) is 29.3 Å². The largest absolute Gasteiger partial charge is 0.490 e. The van der Waals surface area contributed by atoms with Crippen molar-refractivity contribution in [1.82, 2.24) is 0 Å². The van der Waals surface area contributed by atoms with E-state index in [1.807, 2.05) is 20.8 Å². The Bertz CT molecular complexity index is 532. The van der Waals surface area contributed by atoms with Crippen LogP contribution in [0.25, 0.3) is 0 Å². The van der Waals surface area contributed by atoms with E-state index < -0.39 is 17.7 Å². The lowest BCUT2D eigenvalue weighted by molar-refractivity contribution is -0.219. The van der Waals surface area contributed by atoms with E-state index in [0.717, 1.165) is 6.42 Å². The summed E-state index contributed by atoms with van der Waals surface area (Å²) >= 11 is 0. The van der Waals surface area contributed by atoms with Gasteiger partial charge in [-0.2, -0.15) is 13.2 Å². The Morgan fingerprint density at radius 2 is 1.88 bits per heavy atom. The van der Waals surface area contributed by atoms with Crippen molar-refractivity contribution in [2.24, 2.45) is 5.92 Å². The minimum absolute atomic E-state index is 0.00689. The second kappa shape index (κ2) is 5.34. The van der Waals surface area contributed by atoms with Crippen LogP contribution in [-0.4, -0.2) is 41.2 Å². The van der Waals surface area contributed by atoms with Crippen LogP contribution >= 0.6 is 0 Å². The van der Waals surface area contributed by atoms with E-state index in [2.05, 4.69) is 0 Å². The molecule has 0 radical (unpaired) electrons. The first-order valence-corrected chi connectivity index (χ1v) is 8.52. The first-order valence-electron chi connectivity index (χ1n) is 8.52. The third-order valence-electron chi connectivity index (χ3n) is 6.01. The summed E-state index contributed by atoms with van der Waals surface area (Å²) in [7, 11) is 0. The molecule has 4 nitrogen and oxygen atoms in total. The van der Waals surface area contributed by atoms with Crippen molar-refractivity contribution in [3.05, 3.63) is 0 Å². The van der Waals surface area contributed by atoms with Crippen LogP contribution in [-0.2, 0) is 19.0 Å². The Kier molecular flexibility index (Phi) is 4.00. The van der Waals surface area contributed by atoms with Crippen molar-refractivity contribution in [2.75, 3.05) is 0 Å². The number of alkyl halides is 3. The van der Waals surface area contributed by atoms with Crippen molar-refractivity contribution in [3.63, 3.8) is 0 Å². The number of hydrogen-bond donors (Lipinski definition) is 0. The van der Waals surface area contributed by atoms with E-state index >= 15 is 0 Å². The summed E-state index contributed by atoms with van der Waals surface area (Å²) in [5.74, 6) is -2.24. The van der Waals surface area contributed by atoms with Crippen molar-refractivity contribution in [3.8, 4) is 0 Å². The highest BCUT2D eigenvalue weighted by molar-refractivity contribution is 5.76. The fourth-order valence-corrected chi connectivity index (χ4v) is 3.96. The van der Waals surface area contributed by atoms with Crippen LogP contribution in [0.15, 0.2) is 0 Å². The molecule has 1 aliphatic carbocycles. The molecule has 3 fully saturated rings. The van der Waals surface area contributed by atoms with Crippen LogP contribution < -0.4 is 0 Å². The summed E-state index contributed by atoms with van der Waals surface area (Å²) < 4.78 is 54.3. The van der Waals surface area contributed by atoms with Gasteiger partial charge in [0.15, 0.2) is 0 Å². The lowest BCUT2D eigenvalue weighted by Crippen LogP contribution is -2.46. The minimum atomic E-state index is -4.98. The first-order chi connectivity index (χ1) is 10.9. The summed E-state index contributed by atoms with van der Waals surface area (Å²) in [6.45, 7) is 7.54. The normalized spacial score (nSPS) is 39.5. The Hall–Kier alpha value is -0.820. The highest BCUT2D eigenvalue weighted by Gasteiger charge is 2.59. The number of carbonyl (C=O) groups is 1. The highest BCUT2D eigenvalue weighted by Crippen LogP contribution is 2.53. The van der Waals surface area contributed by atoms with Gasteiger partial charge in [0.1, 0.15) is 5.60 Å². The summed E-state index contributed by atoms with van der Waals surface area (Å²) in [5, 5.41) is 0. The van der Waals surface area contributed by atoms with Crippen molar-refractivity contribution in [1.29, 1.82) is 0 Å². The van der Waals surface area contributed by atoms with Crippen LogP contribution in [0.5, 0.6) is 0 Å². The lowest BCUT2D eigenvalue weighted by atomic mass is 9.72. The minimum Gasteiger partial charge on any atom is -0.452 e. The summed E-state index contributed by atoms with van der Waals surface area (Å²) in [6, 6.07) is 0. The molecule has 0 spiro atoms. The fourth-order valence-electron chi connectivity index (χ4n) is 3.96. The first kappa shape index (κ1) is 18.0. The molecule has 1 saturated carbocycles. The van der Waals surface area contributed by atoms with Gasteiger partial charge in [-0.1, -0.05) is 0 Å². The average molecular weight is 350 g/mol. The van der Waals surface area contributed by atoms with Crippen LogP contribution in [0.3, 0.4) is 0 Å². The topological polar surface area (TPSA) is 51.4 Å². The van der Waals surface area contributed by atoms with Crippen LogP contribution in [0.2, 0.25) is 0 Å². The van der Waals surface area contributed by atoms with Gasteiger partial charge in [0.05, 0.1) is 23.4 Å². The van der Waals surface area contributed by atoms with E-state index in [1.54, 1.807) is 6.92 Å². The van der Waals surface area contributed by atoms with Gasteiger partial charge in [0.25, 0.3) is 0 Å². The van der Waals surface area contributed by atoms with Gasteiger partial charge < -0.3 is 14.2 Å². The van der Waals surface area contributed by atoms with Gasteiger partial charge in [0.2, 0.25) is 0 Å². The molecule has 7 heteroatoms. The lowest BCUT2D eigenvalue weighted by Gasteiger charge is -2.39. The predicted octanol–water partition coefficient (Wildman–Crippen LogP) is 3.77.